The normalized spacial score (nSPS) is 22.2. The highest BCUT2D eigenvalue weighted by Gasteiger charge is 2.38. The molecule has 1 heterocycles. The van der Waals surface area contributed by atoms with Crippen molar-refractivity contribution in [1.82, 2.24) is 5.32 Å². The molecule has 0 aromatic heterocycles. The van der Waals surface area contributed by atoms with Crippen molar-refractivity contribution in [3.63, 3.8) is 0 Å². The largest absolute Gasteiger partial charge is 0.375 e. The Hall–Kier alpha value is -0.120. The molecule has 1 N–H and O–H groups in total. The van der Waals surface area contributed by atoms with E-state index < -0.39 is 0 Å². The topological polar surface area (TPSA) is 30.5 Å². The first-order valence-corrected chi connectivity index (χ1v) is 3.69. The lowest BCUT2D eigenvalue weighted by atomic mass is 10.0. The number of ether oxygens (including phenoxy) is 2. The number of rotatable bonds is 4. The Morgan fingerprint density at radius 2 is 2.30 bits per heavy atom. The van der Waals surface area contributed by atoms with Gasteiger partial charge in [-0.05, 0) is 14.0 Å². The van der Waals surface area contributed by atoms with Crippen LogP contribution >= 0.6 is 0 Å². The van der Waals surface area contributed by atoms with Gasteiger partial charge in [-0.15, -0.1) is 0 Å². The second-order valence-electron chi connectivity index (χ2n) is 2.64. The lowest BCUT2D eigenvalue weighted by Crippen LogP contribution is -2.57. The molecule has 1 fully saturated rings. The molecule has 0 aromatic carbocycles. The van der Waals surface area contributed by atoms with Gasteiger partial charge in [-0.2, -0.15) is 0 Å². The third-order valence-corrected chi connectivity index (χ3v) is 1.68. The van der Waals surface area contributed by atoms with Crippen molar-refractivity contribution in [3.05, 3.63) is 0 Å². The SMILES string of the molecule is CCOC1(CNC)COC1. The molecule has 0 atom stereocenters. The van der Waals surface area contributed by atoms with Gasteiger partial charge in [-0.25, -0.2) is 0 Å². The molecule has 0 aromatic rings. The van der Waals surface area contributed by atoms with Crippen molar-refractivity contribution < 1.29 is 9.47 Å². The number of hydrogen-bond donors (Lipinski definition) is 1. The molecule has 0 unspecified atom stereocenters. The predicted molar refractivity (Wildman–Crippen MR) is 39.1 cm³/mol. The summed E-state index contributed by atoms with van der Waals surface area (Å²) in [5, 5.41) is 3.09. The molecular formula is C7H15NO2. The van der Waals surface area contributed by atoms with Crippen LogP contribution in [0.1, 0.15) is 6.92 Å². The Kier molecular flexibility index (Phi) is 2.65. The van der Waals surface area contributed by atoms with Crippen LogP contribution in [0.25, 0.3) is 0 Å². The minimum atomic E-state index is -0.0104. The van der Waals surface area contributed by atoms with Gasteiger partial charge in [0.15, 0.2) is 0 Å². The highest BCUT2D eigenvalue weighted by Crippen LogP contribution is 2.20. The summed E-state index contributed by atoms with van der Waals surface area (Å²) in [4.78, 5) is 0. The summed E-state index contributed by atoms with van der Waals surface area (Å²) in [6.07, 6.45) is 0. The number of hydrogen-bond acceptors (Lipinski definition) is 3. The van der Waals surface area contributed by atoms with Crippen LogP contribution in [0.5, 0.6) is 0 Å². The van der Waals surface area contributed by atoms with E-state index in [9.17, 15) is 0 Å². The second-order valence-corrected chi connectivity index (χ2v) is 2.64. The number of nitrogens with one attached hydrogen (secondary N) is 1. The van der Waals surface area contributed by atoms with E-state index in [1.54, 1.807) is 0 Å². The molecular weight excluding hydrogens is 130 g/mol. The molecule has 0 aliphatic carbocycles. The van der Waals surface area contributed by atoms with Crippen LogP contribution in [-0.4, -0.2) is 39.0 Å². The van der Waals surface area contributed by atoms with Gasteiger partial charge in [-0.1, -0.05) is 0 Å². The summed E-state index contributed by atoms with van der Waals surface area (Å²) in [5.41, 5.74) is -0.0104. The lowest BCUT2D eigenvalue weighted by Gasteiger charge is -2.40. The van der Waals surface area contributed by atoms with Crippen molar-refractivity contribution in [3.8, 4) is 0 Å². The van der Waals surface area contributed by atoms with Gasteiger partial charge in [0.1, 0.15) is 5.60 Å². The average Bonchev–Trinajstić information content (AvgIpc) is 1.84. The van der Waals surface area contributed by atoms with Crippen LogP contribution in [0.15, 0.2) is 0 Å². The molecule has 60 valence electrons. The van der Waals surface area contributed by atoms with Crippen LogP contribution in [0.4, 0.5) is 0 Å². The number of likely N-dealkylation sites (N-methyl/N-ethyl adjacent to an activating group) is 1. The Morgan fingerprint density at radius 3 is 2.60 bits per heavy atom. The van der Waals surface area contributed by atoms with Crippen LogP contribution in [0.3, 0.4) is 0 Å². The van der Waals surface area contributed by atoms with E-state index in [-0.39, 0.29) is 5.60 Å². The molecule has 1 saturated heterocycles. The van der Waals surface area contributed by atoms with Crippen LogP contribution in [0, 0.1) is 0 Å². The highest BCUT2D eigenvalue weighted by molar-refractivity contribution is 4.89. The zero-order valence-electron chi connectivity index (χ0n) is 6.64. The van der Waals surface area contributed by atoms with Crippen molar-refractivity contribution in [2.45, 2.75) is 12.5 Å². The summed E-state index contributed by atoms with van der Waals surface area (Å²) in [6.45, 7) is 5.14. The Labute approximate surface area is 61.7 Å². The molecule has 1 rings (SSSR count). The van der Waals surface area contributed by atoms with E-state index in [1.165, 1.54) is 0 Å². The fraction of sp³-hybridized carbons (Fsp3) is 1.00. The highest BCUT2D eigenvalue weighted by atomic mass is 16.6. The molecule has 0 bridgehead atoms. The summed E-state index contributed by atoms with van der Waals surface area (Å²) < 4.78 is 10.6. The first kappa shape index (κ1) is 7.98. The summed E-state index contributed by atoms with van der Waals surface area (Å²) >= 11 is 0. The van der Waals surface area contributed by atoms with Crippen molar-refractivity contribution >= 4 is 0 Å². The van der Waals surface area contributed by atoms with E-state index in [4.69, 9.17) is 9.47 Å². The maximum Gasteiger partial charge on any atom is 0.127 e. The summed E-state index contributed by atoms with van der Waals surface area (Å²) in [7, 11) is 1.93. The van der Waals surface area contributed by atoms with Crippen molar-refractivity contribution in [1.29, 1.82) is 0 Å². The van der Waals surface area contributed by atoms with Crippen LogP contribution in [-0.2, 0) is 9.47 Å². The van der Waals surface area contributed by atoms with Gasteiger partial charge in [0.05, 0.1) is 13.2 Å². The minimum absolute atomic E-state index is 0.0104. The zero-order valence-corrected chi connectivity index (χ0v) is 6.64. The maximum atomic E-state index is 5.52. The first-order valence-electron chi connectivity index (χ1n) is 3.69. The van der Waals surface area contributed by atoms with E-state index in [2.05, 4.69) is 5.32 Å². The summed E-state index contributed by atoms with van der Waals surface area (Å²) in [5.74, 6) is 0. The molecule has 0 spiro atoms. The first-order chi connectivity index (χ1) is 4.83. The molecule has 1 aliphatic heterocycles. The summed E-state index contributed by atoms with van der Waals surface area (Å²) in [6, 6.07) is 0. The molecule has 0 amide bonds. The quantitative estimate of drug-likeness (QED) is 0.604. The minimum Gasteiger partial charge on any atom is -0.375 e. The predicted octanol–water partition coefficient (Wildman–Crippen LogP) is 0.0113. The van der Waals surface area contributed by atoms with E-state index in [1.807, 2.05) is 14.0 Å². The second kappa shape index (κ2) is 3.32. The average molecular weight is 145 g/mol. The van der Waals surface area contributed by atoms with Gasteiger partial charge >= 0.3 is 0 Å². The Balaban J connectivity index is 2.27. The molecule has 3 nitrogen and oxygen atoms in total. The van der Waals surface area contributed by atoms with Crippen LogP contribution < -0.4 is 5.32 Å². The zero-order chi connectivity index (χ0) is 7.45. The van der Waals surface area contributed by atoms with E-state index in [0.717, 1.165) is 26.4 Å². The van der Waals surface area contributed by atoms with Gasteiger partial charge < -0.3 is 14.8 Å². The monoisotopic (exact) mass is 145 g/mol. The third kappa shape index (κ3) is 1.48. The van der Waals surface area contributed by atoms with Gasteiger partial charge in [0, 0.05) is 13.2 Å². The maximum absolute atomic E-state index is 5.52. The molecule has 1 aliphatic rings. The standard InChI is InChI=1S/C7H15NO2/c1-3-10-7(4-8-2)5-9-6-7/h8H,3-6H2,1-2H3. The molecule has 0 radical (unpaired) electrons. The Morgan fingerprint density at radius 1 is 1.60 bits per heavy atom. The molecule has 3 heteroatoms. The molecule has 10 heavy (non-hydrogen) atoms. The van der Waals surface area contributed by atoms with E-state index in [0.29, 0.717) is 0 Å². The molecule has 0 saturated carbocycles. The fourth-order valence-electron chi connectivity index (χ4n) is 1.19. The smallest absolute Gasteiger partial charge is 0.127 e. The van der Waals surface area contributed by atoms with Crippen LogP contribution in [0.2, 0.25) is 0 Å². The third-order valence-electron chi connectivity index (χ3n) is 1.68. The van der Waals surface area contributed by atoms with Gasteiger partial charge in [-0.3, -0.25) is 0 Å². The lowest BCUT2D eigenvalue weighted by molar-refractivity contribution is -0.203. The van der Waals surface area contributed by atoms with Crippen molar-refractivity contribution in [2.75, 3.05) is 33.4 Å². The Bertz CT molecular complexity index is 93.8. The van der Waals surface area contributed by atoms with Gasteiger partial charge in [0.2, 0.25) is 0 Å². The van der Waals surface area contributed by atoms with Crippen molar-refractivity contribution in [2.24, 2.45) is 0 Å². The van der Waals surface area contributed by atoms with Gasteiger partial charge in [0.25, 0.3) is 0 Å². The fourth-order valence-corrected chi connectivity index (χ4v) is 1.19. The van der Waals surface area contributed by atoms with E-state index >= 15 is 0 Å².